The summed E-state index contributed by atoms with van der Waals surface area (Å²) < 4.78 is 0. The van der Waals surface area contributed by atoms with Gasteiger partial charge in [0.25, 0.3) is 0 Å². The fraction of sp³-hybridized carbons (Fsp3) is 0.214. The van der Waals surface area contributed by atoms with Gasteiger partial charge >= 0.3 is 0 Å². The Morgan fingerprint density at radius 2 is 1.94 bits per heavy atom. The molecule has 1 heterocycles. The Kier molecular flexibility index (Phi) is 3.52. The number of rotatable bonds is 4. The van der Waals surface area contributed by atoms with Crippen LogP contribution in [0.1, 0.15) is 34.1 Å². The second-order valence-corrected chi connectivity index (χ2v) is 4.64. The van der Waals surface area contributed by atoms with E-state index in [2.05, 4.69) is 13.0 Å². The molecule has 0 aliphatic heterocycles. The van der Waals surface area contributed by atoms with Crippen molar-refractivity contribution in [3.8, 4) is 0 Å². The molecule has 0 spiro atoms. The van der Waals surface area contributed by atoms with Crippen LogP contribution in [0.15, 0.2) is 41.8 Å². The number of aryl methyl sites for hydroxylation is 1. The highest BCUT2D eigenvalue weighted by Gasteiger charge is 2.13. The van der Waals surface area contributed by atoms with Gasteiger partial charge in [-0.1, -0.05) is 43.7 Å². The minimum absolute atomic E-state index is 0.152. The quantitative estimate of drug-likeness (QED) is 0.727. The topological polar surface area (TPSA) is 17.1 Å². The molecular weight excluding hydrogens is 216 g/mol. The van der Waals surface area contributed by atoms with Crippen molar-refractivity contribution < 1.29 is 4.79 Å². The maximum atomic E-state index is 12.2. The van der Waals surface area contributed by atoms with Crippen LogP contribution in [0.25, 0.3) is 0 Å². The summed E-state index contributed by atoms with van der Waals surface area (Å²) in [5.74, 6) is 0.152. The van der Waals surface area contributed by atoms with E-state index in [-0.39, 0.29) is 5.78 Å². The van der Waals surface area contributed by atoms with E-state index in [1.807, 2.05) is 35.7 Å². The van der Waals surface area contributed by atoms with E-state index >= 15 is 0 Å². The molecule has 82 valence electrons. The molecule has 2 rings (SSSR count). The summed E-state index contributed by atoms with van der Waals surface area (Å²) in [7, 11) is 0. The highest BCUT2D eigenvalue weighted by molar-refractivity contribution is 7.12. The molecule has 0 unspecified atom stereocenters. The number of hydrogen-bond donors (Lipinski definition) is 0. The van der Waals surface area contributed by atoms with Crippen molar-refractivity contribution in [1.29, 1.82) is 0 Å². The van der Waals surface area contributed by atoms with Crippen LogP contribution in [0.4, 0.5) is 0 Å². The minimum atomic E-state index is 0.152. The first-order chi connectivity index (χ1) is 7.83. The van der Waals surface area contributed by atoms with E-state index in [1.54, 1.807) is 11.3 Å². The molecule has 0 saturated heterocycles. The van der Waals surface area contributed by atoms with Gasteiger partial charge in [0.05, 0.1) is 4.88 Å². The Hall–Kier alpha value is -1.41. The molecule has 2 heteroatoms. The highest BCUT2D eigenvalue weighted by atomic mass is 32.1. The van der Waals surface area contributed by atoms with Crippen LogP contribution >= 0.6 is 11.3 Å². The molecule has 16 heavy (non-hydrogen) atoms. The van der Waals surface area contributed by atoms with E-state index in [1.165, 1.54) is 5.56 Å². The minimum Gasteiger partial charge on any atom is -0.288 e. The van der Waals surface area contributed by atoms with Gasteiger partial charge in [-0.3, -0.25) is 4.79 Å². The zero-order valence-corrected chi connectivity index (χ0v) is 10.1. The Bertz CT molecular complexity index is 470. The standard InChI is InChI=1S/C14H14OS/c1-2-6-12-9-10-16-14(12)13(15)11-7-4-3-5-8-11/h3-5,7-10H,2,6H2,1H3. The number of benzene rings is 1. The van der Waals surface area contributed by atoms with Gasteiger partial charge < -0.3 is 0 Å². The van der Waals surface area contributed by atoms with Gasteiger partial charge in [0.1, 0.15) is 0 Å². The Labute approximate surface area is 99.8 Å². The van der Waals surface area contributed by atoms with E-state index in [0.717, 1.165) is 23.3 Å². The van der Waals surface area contributed by atoms with E-state index in [4.69, 9.17) is 0 Å². The number of ketones is 1. The Balaban J connectivity index is 2.31. The lowest BCUT2D eigenvalue weighted by molar-refractivity contribution is 0.104. The lowest BCUT2D eigenvalue weighted by Crippen LogP contribution is -2.01. The van der Waals surface area contributed by atoms with E-state index < -0.39 is 0 Å². The van der Waals surface area contributed by atoms with Crippen molar-refractivity contribution in [2.24, 2.45) is 0 Å². The number of carbonyl (C=O) groups excluding carboxylic acids is 1. The molecule has 1 aromatic carbocycles. The molecule has 2 aromatic rings. The van der Waals surface area contributed by atoms with Crippen molar-refractivity contribution in [2.45, 2.75) is 19.8 Å². The van der Waals surface area contributed by atoms with Gasteiger partial charge in [-0.25, -0.2) is 0 Å². The first kappa shape index (κ1) is 11.1. The van der Waals surface area contributed by atoms with Gasteiger partial charge in [-0.2, -0.15) is 0 Å². The monoisotopic (exact) mass is 230 g/mol. The summed E-state index contributed by atoms with van der Waals surface area (Å²) in [5, 5.41) is 2.00. The maximum absolute atomic E-state index is 12.2. The summed E-state index contributed by atoms with van der Waals surface area (Å²) in [6, 6.07) is 11.5. The molecule has 0 fully saturated rings. The normalized spacial score (nSPS) is 10.3. The van der Waals surface area contributed by atoms with Crippen molar-refractivity contribution in [2.75, 3.05) is 0 Å². The van der Waals surface area contributed by atoms with Crippen molar-refractivity contribution >= 4 is 17.1 Å². The van der Waals surface area contributed by atoms with Crippen LogP contribution < -0.4 is 0 Å². The lowest BCUT2D eigenvalue weighted by Gasteiger charge is -2.01. The third-order valence-electron chi connectivity index (χ3n) is 2.51. The molecule has 1 nitrogen and oxygen atoms in total. The van der Waals surface area contributed by atoms with Gasteiger partial charge in [-0.15, -0.1) is 11.3 Å². The second kappa shape index (κ2) is 5.08. The van der Waals surface area contributed by atoms with Gasteiger partial charge in [-0.05, 0) is 23.4 Å². The third kappa shape index (κ3) is 2.22. The molecule has 0 bridgehead atoms. The van der Waals surface area contributed by atoms with Crippen molar-refractivity contribution in [3.63, 3.8) is 0 Å². The number of thiophene rings is 1. The van der Waals surface area contributed by atoms with Crippen LogP contribution in [0, 0.1) is 0 Å². The van der Waals surface area contributed by atoms with E-state index in [0.29, 0.717) is 0 Å². The van der Waals surface area contributed by atoms with Gasteiger partial charge in [0.2, 0.25) is 5.78 Å². The van der Waals surface area contributed by atoms with Gasteiger partial charge in [0.15, 0.2) is 0 Å². The fourth-order valence-electron chi connectivity index (χ4n) is 1.72. The first-order valence-corrected chi connectivity index (χ1v) is 6.37. The van der Waals surface area contributed by atoms with Crippen molar-refractivity contribution in [1.82, 2.24) is 0 Å². The third-order valence-corrected chi connectivity index (χ3v) is 3.46. The highest BCUT2D eigenvalue weighted by Crippen LogP contribution is 2.21. The second-order valence-electron chi connectivity index (χ2n) is 3.72. The zero-order chi connectivity index (χ0) is 11.4. The Morgan fingerprint density at radius 3 is 2.62 bits per heavy atom. The zero-order valence-electron chi connectivity index (χ0n) is 9.27. The van der Waals surface area contributed by atoms with E-state index in [9.17, 15) is 4.79 Å². The largest absolute Gasteiger partial charge is 0.288 e. The van der Waals surface area contributed by atoms with Crippen LogP contribution in [-0.2, 0) is 6.42 Å². The SMILES string of the molecule is CCCc1ccsc1C(=O)c1ccccc1. The summed E-state index contributed by atoms with van der Waals surface area (Å²) in [4.78, 5) is 13.1. The predicted molar refractivity (Wildman–Crippen MR) is 68.2 cm³/mol. The predicted octanol–water partition coefficient (Wildman–Crippen LogP) is 3.93. The molecule has 0 N–H and O–H groups in total. The smallest absolute Gasteiger partial charge is 0.203 e. The Morgan fingerprint density at radius 1 is 1.19 bits per heavy atom. The van der Waals surface area contributed by atoms with Crippen LogP contribution in [-0.4, -0.2) is 5.78 Å². The van der Waals surface area contributed by atoms with Crippen molar-refractivity contribution in [3.05, 3.63) is 57.8 Å². The van der Waals surface area contributed by atoms with Gasteiger partial charge in [0, 0.05) is 5.56 Å². The summed E-state index contributed by atoms with van der Waals surface area (Å²) in [6.45, 7) is 2.13. The van der Waals surface area contributed by atoms with Crippen LogP contribution in [0.2, 0.25) is 0 Å². The average Bonchev–Trinajstić information content (AvgIpc) is 2.78. The number of hydrogen-bond acceptors (Lipinski definition) is 2. The molecule has 1 aromatic heterocycles. The van der Waals surface area contributed by atoms with Crippen LogP contribution in [0.3, 0.4) is 0 Å². The molecular formula is C14H14OS. The average molecular weight is 230 g/mol. The molecule has 0 radical (unpaired) electrons. The lowest BCUT2D eigenvalue weighted by atomic mass is 10.0. The molecule has 0 saturated carbocycles. The van der Waals surface area contributed by atoms with Crippen LogP contribution in [0.5, 0.6) is 0 Å². The summed E-state index contributed by atoms with van der Waals surface area (Å²) in [6.07, 6.45) is 2.06. The summed E-state index contributed by atoms with van der Waals surface area (Å²) in [5.41, 5.74) is 1.96. The molecule has 0 aliphatic rings. The fourth-order valence-corrected chi connectivity index (χ4v) is 2.64. The maximum Gasteiger partial charge on any atom is 0.203 e. The first-order valence-electron chi connectivity index (χ1n) is 5.49. The summed E-state index contributed by atoms with van der Waals surface area (Å²) >= 11 is 1.54. The molecule has 0 amide bonds. The number of carbonyl (C=O) groups is 1. The molecule has 0 aliphatic carbocycles. The molecule has 0 atom stereocenters.